The highest BCUT2D eigenvalue weighted by Crippen LogP contribution is 2.68. The highest BCUT2D eigenvalue weighted by atomic mass is 31.3. The van der Waals surface area contributed by atoms with Crippen molar-refractivity contribution in [3.05, 3.63) is 0 Å². The van der Waals surface area contributed by atoms with Crippen LogP contribution in [-0.2, 0) is 78.3 Å². The lowest BCUT2D eigenvalue weighted by atomic mass is 10.1. The van der Waals surface area contributed by atoms with Crippen LogP contribution in [0.15, 0.2) is 25.0 Å². The van der Waals surface area contributed by atoms with Crippen molar-refractivity contribution in [2.24, 2.45) is 36.4 Å². The number of amides is 5. The number of urea groups is 1. The summed E-state index contributed by atoms with van der Waals surface area (Å²) in [5.74, 6) is -3.23. The molecule has 0 saturated carbocycles. The topological polar surface area (TPSA) is 529 Å². The molecule has 42 heteroatoms. The number of carbonyl (C=O) groups is 4. The molecule has 0 bridgehead atoms. The highest BCUT2D eigenvalue weighted by Gasteiger charge is 2.58. The Morgan fingerprint density at radius 1 is 0.699 bits per heavy atom. The minimum atomic E-state index is -6.22. The molecule has 8 aliphatic rings. The number of carbonyl (C=O) groups excluding carboxylic acids is 4. The van der Waals surface area contributed by atoms with Gasteiger partial charge in [0, 0.05) is 20.1 Å². The maximum absolute atomic E-state index is 13.5. The molecule has 0 aromatic rings. The second-order valence-corrected chi connectivity index (χ2v) is 22.4. The first-order valence-corrected chi connectivity index (χ1v) is 26.8. The number of nitrogens with zero attached hydrogens (tertiary/aromatic N) is 9. The molecular formula is C31H45N12O26P4+. The first-order chi connectivity index (χ1) is 34.1. The predicted octanol–water partition coefficient (Wildman–Crippen LogP) is -6.99. The molecular weight excluding hydrogens is 1080 g/mol. The van der Waals surface area contributed by atoms with Crippen molar-refractivity contribution in [2.75, 3.05) is 40.5 Å². The fourth-order valence-electron chi connectivity index (χ4n) is 8.27. The van der Waals surface area contributed by atoms with Crippen LogP contribution in [0, 0.1) is 0 Å². The van der Waals surface area contributed by atoms with Crippen LogP contribution < -0.4 is 16.8 Å². The lowest BCUT2D eigenvalue weighted by Crippen LogP contribution is -2.57. The number of nitrogens with one attached hydrogen (secondary N) is 1. The molecule has 4 saturated heterocycles. The van der Waals surface area contributed by atoms with E-state index in [1.165, 1.54) is 18.0 Å². The Morgan fingerprint density at radius 2 is 1.22 bits per heavy atom. The molecule has 0 aromatic carbocycles. The summed E-state index contributed by atoms with van der Waals surface area (Å²) in [5.41, 5.74) is 11.2. The lowest BCUT2D eigenvalue weighted by molar-refractivity contribution is -0.498. The Hall–Kier alpha value is -4.30. The zero-order chi connectivity index (χ0) is 53.3. The number of phosphoric acid groups is 4. The third-order valence-electron chi connectivity index (χ3n) is 11.5. The fourth-order valence-corrected chi connectivity index (χ4v) is 12.7. The molecule has 8 rings (SSSR count). The van der Waals surface area contributed by atoms with Gasteiger partial charge >= 0.3 is 43.2 Å². The number of aliphatic hydroxyl groups excluding tert-OH is 4. The van der Waals surface area contributed by atoms with Crippen LogP contribution in [0.2, 0.25) is 0 Å². The van der Waals surface area contributed by atoms with Crippen molar-refractivity contribution in [1.29, 1.82) is 0 Å². The molecule has 13 N–H and O–H groups in total. The number of hydrogen-bond acceptors (Lipinski definition) is 29. The van der Waals surface area contributed by atoms with Crippen molar-refractivity contribution < 1.29 is 128 Å². The average Bonchev–Trinajstić information content (AvgIpc) is 4.07. The van der Waals surface area contributed by atoms with Crippen LogP contribution in [0.4, 0.5) is 4.79 Å². The number of guanidine groups is 2. The largest absolute Gasteiger partial charge is 0.490 e. The number of aliphatic hydroxyl groups is 4. The van der Waals surface area contributed by atoms with Gasteiger partial charge in [0.25, 0.3) is 17.8 Å². The number of rotatable bonds is 19. The molecule has 0 spiro atoms. The molecule has 73 heavy (non-hydrogen) atoms. The molecule has 4 fully saturated rings. The number of imide groups is 1. The minimum Gasteiger partial charge on any atom is -0.387 e. The number of nitrogens with two attached hydrogens (primary N) is 2. The van der Waals surface area contributed by atoms with Gasteiger partial charge in [0.15, 0.2) is 24.3 Å². The van der Waals surface area contributed by atoms with Gasteiger partial charge in [-0.2, -0.15) is 33.5 Å². The zero-order valence-electron chi connectivity index (χ0n) is 37.2. The van der Waals surface area contributed by atoms with E-state index in [0.717, 1.165) is 28.1 Å². The molecule has 5 amide bonds. The molecule has 8 aliphatic heterocycles. The highest BCUT2D eigenvalue weighted by molar-refractivity contribution is 7.66. The first-order valence-electron chi connectivity index (χ1n) is 20.9. The Bertz CT molecular complexity index is 2680. The average molecular weight is 1130 g/mol. The number of methoxy groups -OCH3 is 1. The number of amidine groups is 2. The van der Waals surface area contributed by atoms with E-state index in [9.17, 15) is 77.4 Å². The molecule has 38 nitrogen and oxygen atoms in total. The van der Waals surface area contributed by atoms with E-state index < -0.39 is 172 Å². The van der Waals surface area contributed by atoms with Crippen LogP contribution in [-0.4, -0.2) is 246 Å². The minimum absolute atomic E-state index is 0.0600. The van der Waals surface area contributed by atoms with E-state index in [1.807, 2.05) is 5.32 Å². The summed E-state index contributed by atoms with van der Waals surface area (Å²) in [6.07, 6.45) is -18.8. The standard InChI is InChI=1S/C31H44N12O26P4/c1-40-9-43(23-15(40)25(50)39-30(33)37-23)27-19(48)17(46)11(65-27)6-62-71(54,55)68-73(58,59)69-72(56,57)63-7-12-20(21(60-2)28(66-12)41-4-3-13(44)35-31(41)51)67-70(52,53)61-5-10-16(45)18(47)26(64-10)42-8-34-14-22(42)36-29(32)38-24(14)49/h8-12,14-21,26-28,45-48H,3-7H2,1-2H3,(H8-,32,33,35,38,39,44,49,50,51,52,53,54,55,56,57,58,59)/p+1/t10-,11-,12-,14?,15?,16-,17-,18-,19-,20-,21-,26-,27-,28-/m1/s1. The van der Waals surface area contributed by atoms with Gasteiger partial charge in [0.05, 0.1) is 33.2 Å². The quantitative estimate of drug-likeness (QED) is 0.0423. The maximum Gasteiger partial charge on any atom is 0.490 e. The molecule has 8 heterocycles. The third-order valence-corrected chi connectivity index (χ3v) is 16.7. The Kier molecular flexibility index (Phi) is 15.6. The zero-order valence-corrected chi connectivity index (χ0v) is 40.7. The van der Waals surface area contributed by atoms with Gasteiger partial charge in [-0.3, -0.25) is 52.6 Å². The van der Waals surface area contributed by atoms with Crippen LogP contribution in [0.25, 0.3) is 0 Å². The molecule has 6 unspecified atom stereocenters. The van der Waals surface area contributed by atoms with Gasteiger partial charge in [-0.25, -0.2) is 27.6 Å². The van der Waals surface area contributed by atoms with E-state index >= 15 is 0 Å². The van der Waals surface area contributed by atoms with E-state index in [1.54, 1.807) is 0 Å². The monoisotopic (exact) mass is 1130 g/mol. The van der Waals surface area contributed by atoms with Crippen LogP contribution >= 0.6 is 31.3 Å². The van der Waals surface area contributed by atoms with Crippen LogP contribution in [0.3, 0.4) is 0 Å². The van der Waals surface area contributed by atoms with Gasteiger partial charge in [-0.15, -0.1) is 0 Å². The second-order valence-electron chi connectivity index (χ2n) is 16.4. The van der Waals surface area contributed by atoms with Crippen molar-refractivity contribution in [3.63, 3.8) is 0 Å². The summed E-state index contributed by atoms with van der Waals surface area (Å²) in [7, 11) is -21.1. The van der Waals surface area contributed by atoms with Crippen molar-refractivity contribution in [1.82, 2.24) is 20.0 Å². The second kappa shape index (κ2) is 20.7. The van der Waals surface area contributed by atoms with Crippen molar-refractivity contribution >= 4 is 91.3 Å². The SMILES string of the molecule is CO[C@@H]1[C@H](OP(=O)(O)OC[C@H]2O[C@@H](N3C=NC4C(=O)N=C(N)N=C43)[C@H](O)[C@@H]2O)[C@@H](COP(=O)(O)OP(=O)(O)OP(=O)(O)OC[C@H]2O[C@@H](N3C=[N+](C)C4C(=O)N=C(N)N=C43)[C@H](O)[C@@H]2O)O[C@H]1N1CCC(=O)NC1=O. The summed E-state index contributed by atoms with van der Waals surface area (Å²) in [6, 6.07) is -3.38. The van der Waals surface area contributed by atoms with Gasteiger partial charge < -0.3 is 70.4 Å². The van der Waals surface area contributed by atoms with Crippen LogP contribution in [0.5, 0.6) is 0 Å². The molecule has 18 atom stereocenters. The number of hydrogen-bond donors (Lipinski definition) is 11. The number of phosphoric ester groups is 3. The van der Waals surface area contributed by atoms with E-state index in [2.05, 4.69) is 38.1 Å². The molecule has 0 aromatic heterocycles. The summed E-state index contributed by atoms with van der Waals surface area (Å²) in [6.45, 7) is -3.86. The Labute approximate surface area is 407 Å². The van der Waals surface area contributed by atoms with Crippen LogP contribution in [0.1, 0.15) is 6.42 Å². The molecule has 0 radical (unpaired) electrons. The number of likely N-dealkylation sites (N-methyl/N-ethyl adjacent to an activating group) is 1. The predicted molar refractivity (Wildman–Crippen MR) is 230 cm³/mol. The number of aliphatic imine (C=N–C) groups is 5. The summed E-state index contributed by atoms with van der Waals surface area (Å²) < 4.78 is 104. The molecule has 404 valence electrons. The Morgan fingerprint density at radius 3 is 1.79 bits per heavy atom. The fraction of sp³-hybridized carbons (Fsp3) is 0.677. The molecule has 0 aliphatic carbocycles. The van der Waals surface area contributed by atoms with E-state index in [4.69, 9.17) is 44.0 Å². The van der Waals surface area contributed by atoms with Crippen molar-refractivity contribution in [2.45, 2.75) is 92.1 Å². The number of ether oxygens (including phenoxy) is 4. The summed E-state index contributed by atoms with van der Waals surface area (Å²) in [4.78, 5) is 113. The number of fused-ring (bicyclic) bond motifs is 2. The third kappa shape index (κ3) is 11.6. The normalized spacial score (nSPS) is 37.6. The van der Waals surface area contributed by atoms with Gasteiger partial charge in [0.1, 0.15) is 54.9 Å². The first kappa shape index (κ1) is 54.9. The summed E-state index contributed by atoms with van der Waals surface area (Å²) >= 11 is 0. The van der Waals surface area contributed by atoms with Gasteiger partial charge in [-0.1, -0.05) is 0 Å². The summed E-state index contributed by atoms with van der Waals surface area (Å²) in [5, 5.41) is 45.0. The smallest absolute Gasteiger partial charge is 0.387 e. The Balaban J connectivity index is 0.890. The van der Waals surface area contributed by atoms with E-state index in [-0.39, 0.29) is 24.6 Å². The van der Waals surface area contributed by atoms with E-state index in [0.29, 0.717) is 0 Å². The van der Waals surface area contributed by atoms with Gasteiger partial charge in [0.2, 0.25) is 30.4 Å². The van der Waals surface area contributed by atoms with Gasteiger partial charge in [-0.05, 0) is 0 Å². The maximum atomic E-state index is 13.5. The lowest BCUT2D eigenvalue weighted by Gasteiger charge is -2.34. The van der Waals surface area contributed by atoms with Crippen molar-refractivity contribution in [3.8, 4) is 0 Å².